The van der Waals surface area contributed by atoms with Gasteiger partial charge in [-0.2, -0.15) is 0 Å². The fraction of sp³-hybridized carbons (Fsp3) is 0.200. The van der Waals surface area contributed by atoms with Gasteiger partial charge in [-0.05, 0) is 23.8 Å². The smallest absolute Gasteiger partial charge is 0.246 e. The molecular formula is C20H16ClFN2O2. The molecule has 26 heavy (non-hydrogen) atoms. The Bertz CT molecular complexity index is 878. The fourth-order valence-corrected chi connectivity index (χ4v) is 3.59. The summed E-state index contributed by atoms with van der Waals surface area (Å²) in [6, 6.07) is 14.1. The maximum atomic E-state index is 14.2. The molecule has 2 atom stereocenters. The van der Waals surface area contributed by atoms with Crippen LogP contribution < -0.4 is 0 Å². The van der Waals surface area contributed by atoms with Gasteiger partial charge in [0, 0.05) is 12.6 Å². The zero-order valence-electron chi connectivity index (χ0n) is 13.8. The van der Waals surface area contributed by atoms with Gasteiger partial charge in [-0.3, -0.25) is 4.79 Å². The van der Waals surface area contributed by atoms with Crippen molar-refractivity contribution < 1.29 is 14.0 Å². The Kier molecular flexibility index (Phi) is 4.47. The molecule has 2 heterocycles. The summed E-state index contributed by atoms with van der Waals surface area (Å²) in [6.45, 7) is 0.841. The number of hydrogen-bond donors (Lipinski definition) is 0. The SMILES string of the molecule is O=C(/C=C/c1ccccc1)N1CC2ON=C(c3c(F)cccc3Cl)C2C1. The highest BCUT2D eigenvalue weighted by Crippen LogP contribution is 2.33. The molecule has 4 nitrogen and oxygen atoms in total. The zero-order chi connectivity index (χ0) is 18.1. The van der Waals surface area contributed by atoms with E-state index in [4.69, 9.17) is 16.4 Å². The molecule has 2 unspecified atom stereocenters. The van der Waals surface area contributed by atoms with E-state index in [0.29, 0.717) is 23.8 Å². The lowest BCUT2D eigenvalue weighted by molar-refractivity contribution is -0.125. The molecular weight excluding hydrogens is 355 g/mol. The third kappa shape index (κ3) is 3.10. The maximum Gasteiger partial charge on any atom is 0.246 e. The number of oxime groups is 1. The predicted octanol–water partition coefficient (Wildman–Crippen LogP) is 3.75. The summed E-state index contributed by atoms with van der Waals surface area (Å²) in [5, 5.41) is 4.33. The third-order valence-electron chi connectivity index (χ3n) is 4.65. The van der Waals surface area contributed by atoms with Crippen molar-refractivity contribution >= 4 is 29.3 Å². The summed E-state index contributed by atoms with van der Waals surface area (Å²) in [5.74, 6) is -0.724. The molecule has 2 aromatic rings. The van der Waals surface area contributed by atoms with Crippen LogP contribution in [0.4, 0.5) is 4.39 Å². The van der Waals surface area contributed by atoms with Crippen LogP contribution in [-0.4, -0.2) is 35.7 Å². The number of fused-ring (bicyclic) bond motifs is 1. The highest BCUT2D eigenvalue weighted by Gasteiger charge is 2.45. The molecule has 0 N–H and O–H groups in total. The Morgan fingerprint density at radius 2 is 2.00 bits per heavy atom. The molecule has 6 heteroatoms. The standard InChI is InChI=1S/C20H16ClFN2O2/c21-15-7-4-8-16(22)19(15)20-14-11-24(12-17(14)26-23-20)18(25)10-9-13-5-2-1-3-6-13/h1-10,14,17H,11-12H2/b10-9+. The molecule has 0 bridgehead atoms. The van der Waals surface area contributed by atoms with Gasteiger partial charge in [-0.1, -0.05) is 53.2 Å². The Balaban J connectivity index is 1.49. The van der Waals surface area contributed by atoms with Crippen molar-refractivity contribution in [3.8, 4) is 0 Å². The number of halogens is 2. The molecule has 4 rings (SSSR count). The van der Waals surface area contributed by atoms with Crippen LogP contribution in [0.25, 0.3) is 6.08 Å². The summed E-state index contributed by atoms with van der Waals surface area (Å²) < 4.78 is 14.2. The lowest BCUT2D eigenvalue weighted by atomic mass is 9.94. The topological polar surface area (TPSA) is 41.9 Å². The van der Waals surface area contributed by atoms with E-state index >= 15 is 0 Å². The lowest BCUT2D eigenvalue weighted by Crippen LogP contribution is -2.29. The van der Waals surface area contributed by atoms with Crippen LogP contribution in [-0.2, 0) is 9.63 Å². The number of hydrogen-bond acceptors (Lipinski definition) is 3. The van der Waals surface area contributed by atoms with E-state index in [1.165, 1.54) is 6.07 Å². The van der Waals surface area contributed by atoms with Gasteiger partial charge < -0.3 is 9.74 Å². The second kappa shape index (κ2) is 6.92. The number of carbonyl (C=O) groups is 1. The number of carbonyl (C=O) groups excluding carboxylic acids is 1. The van der Waals surface area contributed by atoms with E-state index in [-0.39, 0.29) is 23.5 Å². The molecule has 0 radical (unpaired) electrons. The first-order chi connectivity index (χ1) is 12.6. The number of nitrogens with zero attached hydrogens (tertiary/aromatic N) is 2. The van der Waals surface area contributed by atoms with Crippen molar-refractivity contribution in [1.29, 1.82) is 0 Å². The minimum Gasteiger partial charge on any atom is -0.390 e. The molecule has 2 aromatic carbocycles. The van der Waals surface area contributed by atoms with Crippen LogP contribution in [0.2, 0.25) is 5.02 Å². The predicted molar refractivity (Wildman–Crippen MR) is 98.4 cm³/mol. The molecule has 1 fully saturated rings. The Morgan fingerprint density at radius 1 is 1.19 bits per heavy atom. The number of rotatable bonds is 3. The monoisotopic (exact) mass is 370 g/mol. The lowest BCUT2D eigenvalue weighted by Gasteiger charge is -2.15. The first-order valence-corrected chi connectivity index (χ1v) is 8.71. The van der Waals surface area contributed by atoms with Crippen molar-refractivity contribution in [1.82, 2.24) is 4.90 Å². The van der Waals surface area contributed by atoms with Crippen molar-refractivity contribution in [2.24, 2.45) is 11.1 Å². The van der Waals surface area contributed by atoms with E-state index < -0.39 is 5.82 Å². The summed E-state index contributed by atoms with van der Waals surface area (Å²) in [4.78, 5) is 19.6. The molecule has 0 saturated carbocycles. The minimum atomic E-state index is -0.436. The first kappa shape index (κ1) is 16.8. The molecule has 0 aliphatic carbocycles. The van der Waals surface area contributed by atoms with Crippen LogP contribution >= 0.6 is 11.6 Å². The van der Waals surface area contributed by atoms with Gasteiger partial charge >= 0.3 is 0 Å². The second-order valence-corrected chi connectivity index (χ2v) is 6.72. The minimum absolute atomic E-state index is 0.106. The van der Waals surface area contributed by atoms with Gasteiger partial charge in [-0.15, -0.1) is 0 Å². The van der Waals surface area contributed by atoms with Crippen molar-refractivity contribution in [2.45, 2.75) is 6.10 Å². The van der Waals surface area contributed by atoms with Crippen LogP contribution in [0.15, 0.2) is 59.8 Å². The third-order valence-corrected chi connectivity index (χ3v) is 4.97. The molecule has 0 aromatic heterocycles. The van der Waals surface area contributed by atoms with Crippen LogP contribution in [0.1, 0.15) is 11.1 Å². The summed E-state index contributed by atoms with van der Waals surface area (Å²) in [5.41, 5.74) is 1.69. The van der Waals surface area contributed by atoms with Gasteiger partial charge in [0.1, 0.15) is 11.5 Å². The summed E-state index contributed by atoms with van der Waals surface area (Å²) in [6.07, 6.45) is 3.05. The fourth-order valence-electron chi connectivity index (χ4n) is 3.33. The van der Waals surface area contributed by atoms with Gasteiger partial charge in [0.05, 0.1) is 23.0 Å². The van der Waals surface area contributed by atoms with Crippen LogP contribution in [0.5, 0.6) is 0 Å². The Labute approximate surface area is 155 Å². The van der Waals surface area contributed by atoms with Crippen molar-refractivity contribution in [3.63, 3.8) is 0 Å². The van der Waals surface area contributed by atoms with E-state index in [1.54, 1.807) is 29.2 Å². The van der Waals surface area contributed by atoms with Crippen LogP contribution in [0.3, 0.4) is 0 Å². The molecule has 2 aliphatic rings. The maximum absolute atomic E-state index is 14.2. The first-order valence-electron chi connectivity index (χ1n) is 8.33. The largest absolute Gasteiger partial charge is 0.390 e. The van der Waals surface area contributed by atoms with Gasteiger partial charge in [0.2, 0.25) is 5.91 Å². The highest BCUT2D eigenvalue weighted by molar-refractivity contribution is 6.34. The average molecular weight is 371 g/mol. The molecule has 1 saturated heterocycles. The van der Waals surface area contributed by atoms with E-state index in [9.17, 15) is 9.18 Å². The Morgan fingerprint density at radius 3 is 2.77 bits per heavy atom. The summed E-state index contributed by atoms with van der Waals surface area (Å²) in [7, 11) is 0. The molecule has 1 amide bonds. The number of amides is 1. The van der Waals surface area contributed by atoms with Crippen molar-refractivity contribution in [2.75, 3.05) is 13.1 Å². The van der Waals surface area contributed by atoms with Crippen LogP contribution in [0, 0.1) is 11.7 Å². The quantitative estimate of drug-likeness (QED) is 0.772. The normalized spacial score (nSPS) is 21.6. The van der Waals surface area contributed by atoms with Crippen molar-refractivity contribution in [3.05, 3.63) is 76.6 Å². The number of likely N-dealkylation sites (tertiary alicyclic amines) is 1. The zero-order valence-corrected chi connectivity index (χ0v) is 14.6. The van der Waals surface area contributed by atoms with E-state index in [1.807, 2.05) is 30.3 Å². The molecule has 0 spiro atoms. The molecule has 2 aliphatic heterocycles. The van der Waals surface area contributed by atoms with Gasteiger partial charge in [-0.25, -0.2) is 4.39 Å². The Hall–Kier alpha value is -2.66. The number of benzene rings is 2. The van der Waals surface area contributed by atoms with E-state index in [2.05, 4.69) is 5.16 Å². The summed E-state index contributed by atoms with van der Waals surface area (Å²) >= 11 is 6.15. The second-order valence-electron chi connectivity index (χ2n) is 6.31. The average Bonchev–Trinajstić information content (AvgIpc) is 3.22. The highest BCUT2D eigenvalue weighted by atomic mass is 35.5. The van der Waals surface area contributed by atoms with Gasteiger partial charge in [0.25, 0.3) is 0 Å². The van der Waals surface area contributed by atoms with Gasteiger partial charge in [0.15, 0.2) is 6.10 Å². The van der Waals surface area contributed by atoms with E-state index in [0.717, 1.165) is 5.56 Å². The molecule has 132 valence electrons.